The van der Waals surface area contributed by atoms with Crippen molar-refractivity contribution in [2.75, 3.05) is 18.5 Å². The van der Waals surface area contributed by atoms with Gasteiger partial charge in [-0.3, -0.25) is 0 Å². The summed E-state index contributed by atoms with van der Waals surface area (Å²) in [5, 5.41) is 3.38. The normalized spacial score (nSPS) is 15.7. The van der Waals surface area contributed by atoms with Crippen molar-refractivity contribution in [3.8, 4) is 5.75 Å². The number of benzene rings is 1. The lowest BCUT2D eigenvalue weighted by Gasteiger charge is -2.21. The number of anilines is 1. The molecule has 2 nitrogen and oxygen atoms in total. The fourth-order valence-electron chi connectivity index (χ4n) is 2.61. The van der Waals surface area contributed by atoms with E-state index in [0.29, 0.717) is 0 Å². The first-order chi connectivity index (χ1) is 9.74. The van der Waals surface area contributed by atoms with Crippen LogP contribution in [0.5, 0.6) is 5.75 Å². The molecular formula is C18H27NO. The van der Waals surface area contributed by atoms with Gasteiger partial charge in [0.05, 0.1) is 6.61 Å². The van der Waals surface area contributed by atoms with Gasteiger partial charge in [0.15, 0.2) is 0 Å². The molecule has 0 atom stereocenters. The van der Waals surface area contributed by atoms with Gasteiger partial charge in [-0.25, -0.2) is 0 Å². The Morgan fingerprint density at radius 2 is 1.85 bits per heavy atom. The van der Waals surface area contributed by atoms with Crippen LogP contribution in [0.25, 0.3) is 0 Å². The molecule has 0 heterocycles. The van der Waals surface area contributed by atoms with E-state index in [0.717, 1.165) is 30.5 Å². The zero-order valence-corrected chi connectivity index (χ0v) is 12.8. The van der Waals surface area contributed by atoms with Crippen LogP contribution in [-0.4, -0.2) is 13.2 Å². The molecule has 20 heavy (non-hydrogen) atoms. The predicted octanol–water partition coefficient (Wildman–Crippen LogP) is 5.02. The highest BCUT2D eigenvalue weighted by molar-refractivity contribution is 5.46. The summed E-state index contributed by atoms with van der Waals surface area (Å²) in [7, 11) is 0. The van der Waals surface area contributed by atoms with E-state index in [1.54, 1.807) is 0 Å². The van der Waals surface area contributed by atoms with Gasteiger partial charge < -0.3 is 10.1 Å². The maximum Gasteiger partial charge on any atom is 0.119 e. The molecule has 1 fully saturated rings. The molecule has 0 amide bonds. The molecule has 0 spiro atoms. The summed E-state index contributed by atoms with van der Waals surface area (Å²) in [5.74, 6) is 1.75. The highest BCUT2D eigenvalue weighted by Crippen LogP contribution is 2.25. The number of hydrogen-bond donors (Lipinski definition) is 1. The van der Waals surface area contributed by atoms with Crippen molar-refractivity contribution in [2.45, 2.75) is 46.0 Å². The number of allylic oxidation sites excluding steroid dienone is 1. The van der Waals surface area contributed by atoms with Crippen LogP contribution in [0.15, 0.2) is 35.9 Å². The highest BCUT2D eigenvalue weighted by Gasteiger charge is 2.13. The molecule has 1 saturated carbocycles. The minimum atomic E-state index is 0.763. The van der Waals surface area contributed by atoms with Gasteiger partial charge >= 0.3 is 0 Å². The third kappa shape index (κ3) is 5.28. The van der Waals surface area contributed by atoms with Gasteiger partial charge in [-0.15, -0.1) is 0 Å². The van der Waals surface area contributed by atoms with Gasteiger partial charge in [-0.1, -0.05) is 30.9 Å². The average molecular weight is 273 g/mol. The third-order valence-corrected chi connectivity index (χ3v) is 3.88. The molecule has 0 bridgehead atoms. The third-order valence-electron chi connectivity index (χ3n) is 3.88. The second-order valence-corrected chi connectivity index (χ2v) is 6.00. The molecule has 0 unspecified atom stereocenters. The van der Waals surface area contributed by atoms with Crippen molar-refractivity contribution < 1.29 is 4.74 Å². The fourth-order valence-corrected chi connectivity index (χ4v) is 2.61. The molecule has 0 radical (unpaired) electrons. The summed E-state index contributed by atoms with van der Waals surface area (Å²) in [6, 6.07) is 8.31. The zero-order chi connectivity index (χ0) is 14.2. The largest absolute Gasteiger partial charge is 0.493 e. The van der Waals surface area contributed by atoms with Crippen molar-refractivity contribution in [1.29, 1.82) is 0 Å². The SMILES string of the molecule is CC(C)=CCNc1ccc(OCC2CCCCC2)cc1. The topological polar surface area (TPSA) is 21.3 Å². The van der Waals surface area contributed by atoms with Gasteiger partial charge in [-0.05, 0) is 56.9 Å². The molecule has 1 aliphatic rings. The van der Waals surface area contributed by atoms with Gasteiger partial charge in [0.25, 0.3) is 0 Å². The first-order valence-electron chi connectivity index (χ1n) is 7.84. The van der Waals surface area contributed by atoms with Crippen LogP contribution in [0.4, 0.5) is 5.69 Å². The molecule has 110 valence electrons. The first-order valence-corrected chi connectivity index (χ1v) is 7.84. The van der Waals surface area contributed by atoms with Crippen LogP contribution in [-0.2, 0) is 0 Å². The highest BCUT2D eigenvalue weighted by atomic mass is 16.5. The lowest BCUT2D eigenvalue weighted by molar-refractivity contribution is 0.209. The first kappa shape index (κ1) is 15.0. The van der Waals surface area contributed by atoms with E-state index in [4.69, 9.17) is 4.74 Å². The van der Waals surface area contributed by atoms with Crippen molar-refractivity contribution >= 4 is 5.69 Å². The summed E-state index contributed by atoms with van der Waals surface area (Å²) in [5.41, 5.74) is 2.48. The van der Waals surface area contributed by atoms with Crippen LogP contribution in [0.2, 0.25) is 0 Å². The summed E-state index contributed by atoms with van der Waals surface area (Å²) < 4.78 is 5.90. The number of hydrogen-bond acceptors (Lipinski definition) is 2. The molecule has 1 aliphatic carbocycles. The Morgan fingerprint density at radius 3 is 2.50 bits per heavy atom. The Balaban J connectivity index is 1.74. The van der Waals surface area contributed by atoms with Crippen molar-refractivity contribution in [2.24, 2.45) is 5.92 Å². The van der Waals surface area contributed by atoms with Crippen LogP contribution >= 0.6 is 0 Å². The second kappa shape index (κ2) is 7.98. The molecule has 0 aliphatic heterocycles. The van der Waals surface area contributed by atoms with Gasteiger partial charge in [0.2, 0.25) is 0 Å². The molecule has 1 N–H and O–H groups in total. The van der Waals surface area contributed by atoms with E-state index >= 15 is 0 Å². The molecule has 2 heteroatoms. The molecule has 1 aromatic rings. The summed E-state index contributed by atoms with van der Waals surface area (Å²) in [6.07, 6.45) is 9.02. The summed E-state index contributed by atoms with van der Waals surface area (Å²) in [6.45, 7) is 5.99. The van der Waals surface area contributed by atoms with E-state index in [9.17, 15) is 0 Å². The van der Waals surface area contributed by atoms with E-state index in [2.05, 4.69) is 49.5 Å². The summed E-state index contributed by atoms with van der Waals surface area (Å²) in [4.78, 5) is 0. The number of rotatable bonds is 6. The standard InChI is InChI=1S/C18H27NO/c1-15(2)12-13-19-17-8-10-18(11-9-17)20-14-16-6-4-3-5-7-16/h8-12,16,19H,3-7,13-14H2,1-2H3. The predicted molar refractivity (Wildman–Crippen MR) is 86.4 cm³/mol. The second-order valence-electron chi connectivity index (χ2n) is 6.00. The molecule has 2 rings (SSSR count). The maximum absolute atomic E-state index is 5.90. The Morgan fingerprint density at radius 1 is 1.15 bits per heavy atom. The van der Waals surface area contributed by atoms with Gasteiger partial charge in [-0.2, -0.15) is 0 Å². The van der Waals surface area contributed by atoms with E-state index in [-0.39, 0.29) is 0 Å². The Kier molecular flexibility index (Phi) is 5.97. The molecular weight excluding hydrogens is 246 g/mol. The van der Waals surface area contributed by atoms with Crippen LogP contribution < -0.4 is 10.1 Å². The Bertz CT molecular complexity index is 412. The minimum absolute atomic E-state index is 0.763. The summed E-state index contributed by atoms with van der Waals surface area (Å²) >= 11 is 0. The lowest BCUT2D eigenvalue weighted by Crippen LogP contribution is -2.15. The van der Waals surface area contributed by atoms with Gasteiger partial charge in [0.1, 0.15) is 5.75 Å². The maximum atomic E-state index is 5.90. The van der Waals surface area contributed by atoms with Crippen molar-refractivity contribution in [1.82, 2.24) is 0 Å². The molecule has 1 aromatic carbocycles. The Hall–Kier alpha value is -1.44. The van der Waals surface area contributed by atoms with Crippen LogP contribution in [0, 0.1) is 5.92 Å². The number of nitrogens with one attached hydrogen (secondary N) is 1. The molecule has 0 saturated heterocycles. The van der Waals surface area contributed by atoms with Crippen molar-refractivity contribution in [3.63, 3.8) is 0 Å². The lowest BCUT2D eigenvalue weighted by atomic mass is 9.90. The average Bonchev–Trinajstić information content (AvgIpc) is 2.47. The van der Waals surface area contributed by atoms with Crippen LogP contribution in [0.1, 0.15) is 46.0 Å². The van der Waals surface area contributed by atoms with Gasteiger partial charge in [0, 0.05) is 12.2 Å². The molecule has 0 aromatic heterocycles. The van der Waals surface area contributed by atoms with E-state index < -0.39 is 0 Å². The fraction of sp³-hybridized carbons (Fsp3) is 0.556. The zero-order valence-electron chi connectivity index (χ0n) is 12.8. The minimum Gasteiger partial charge on any atom is -0.493 e. The quantitative estimate of drug-likeness (QED) is 0.734. The monoisotopic (exact) mass is 273 g/mol. The van der Waals surface area contributed by atoms with E-state index in [1.807, 2.05) is 0 Å². The number of ether oxygens (including phenoxy) is 1. The van der Waals surface area contributed by atoms with Crippen molar-refractivity contribution in [3.05, 3.63) is 35.9 Å². The van der Waals surface area contributed by atoms with E-state index in [1.165, 1.54) is 37.7 Å². The smallest absolute Gasteiger partial charge is 0.119 e. The Labute approximate surface area is 123 Å². The van der Waals surface area contributed by atoms with Crippen LogP contribution in [0.3, 0.4) is 0 Å².